The molecule has 3 unspecified atom stereocenters. The molecule has 0 saturated heterocycles. The number of nitrogens with one attached hydrogen (secondary N) is 2. The minimum absolute atomic E-state index is 0.239. The van der Waals surface area contributed by atoms with Gasteiger partial charge in [-0.1, -0.05) is 45.1 Å². The van der Waals surface area contributed by atoms with Crippen molar-refractivity contribution in [2.45, 2.75) is 43.4 Å². The summed E-state index contributed by atoms with van der Waals surface area (Å²) >= 11 is 1.43. The van der Waals surface area contributed by atoms with Gasteiger partial charge in [0.2, 0.25) is 5.91 Å². The fourth-order valence-electron chi connectivity index (χ4n) is 5.50. The van der Waals surface area contributed by atoms with E-state index < -0.39 is 23.1 Å². The van der Waals surface area contributed by atoms with Gasteiger partial charge in [-0.3, -0.25) is 24.8 Å². The summed E-state index contributed by atoms with van der Waals surface area (Å²) in [6, 6.07) is 17.1. The highest BCUT2D eigenvalue weighted by Gasteiger charge is 2.32. The molecule has 1 heterocycles. The zero-order chi connectivity index (χ0) is 35.7. The molecule has 4 rings (SSSR count). The lowest BCUT2D eigenvalue weighted by atomic mass is 10.0. The largest absolute Gasteiger partial charge is 0.331 e. The van der Waals surface area contributed by atoms with Gasteiger partial charge in [0, 0.05) is 13.1 Å². The van der Waals surface area contributed by atoms with Crippen LogP contribution in [0.4, 0.5) is 13.2 Å². The summed E-state index contributed by atoms with van der Waals surface area (Å²) in [7, 11) is 5.08. The smallest absolute Gasteiger partial charge is 0.286 e. The monoisotopic (exact) mass is 711 g/mol. The maximum atomic E-state index is 14.8. The second kappa shape index (κ2) is 17.1. The van der Waals surface area contributed by atoms with Gasteiger partial charge >= 0.3 is 0 Å². The number of aryl methyl sites for hydroxylation is 1. The van der Waals surface area contributed by atoms with Gasteiger partial charge in [-0.2, -0.15) is 14.0 Å². The van der Waals surface area contributed by atoms with Crippen molar-refractivity contribution < 1.29 is 18.0 Å². The number of alkyl halides is 2. The molecule has 0 aliphatic carbocycles. The predicted molar refractivity (Wildman–Crippen MR) is 192 cm³/mol. The first-order valence-electron chi connectivity index (χ1n) is 15.7. The van der Waals surface area contributed by atoms with E-state index in [2.05, 4.69) is 10.6 Å². The van der Waals surface area contributed by atoms with Crippen molar-refractivity contribution in [3.63, 3.8) is 0 Å². The quantitative estimate of drug-likeness (QED) is 0.0515. The number of likely N-dealkylation sites (N-methyl/N-ethyl adjacent to an activating group) is 1. The van der Waals surface area contributed by atoms with Crippen LogP contribution in [0.15, 0.2) is 71.5 Å². The van der Waals surface area contributed by atoms with Gasteiger partial charge in [-0.15, -0.1) is 11.8 Å². The standard InChI is InChI=1S/C35H41F3N7O2PS/c1-23-11-14-25(15-12-23)45-32(42-29-9-6-5-8-26(29)33(45)47)30(10-7-17-40-34(49-4)41-22-39)44(19-18-43(2)3)31(46)21-24-13-16-27(28(36)20-24)35(37,38)48/h5-6,8-9,11-16,20,30,34,40-41H,7,10,17-19,21,48H2,1-4H3. The number of nitriles is 1. The van der Waals surface area contributed by atoms with Crippen LogP contribution < -0.4 is 16.2 Å². The molecule has 0 radical (unpaired) electrons. The van der Waals surface area contributed by atoms with Crippen LogP contribution in [0.1, 0.15) is 41.4 Å². The number of hydrogen-bond donors (Lipinski definition) is 2. The van der Waals surface area contributed by atoms with Crippen LogP contribution in [-0.2, 0) is 16.9 Å². The van der Waals surface area contributed by atoms with Crippen LogP contribution in [0.25, 0.3) is 16.6 Å². The van der Waals surface area contributed by atoms with Crippen molar-refractivity contribution in [1.29, 1.82) is 5.26 Å². The molecule has 0 fully saturated rings. The number of thioether (sulfide) groups is 1. The molecule has 0 aliphatic rings. The summed E-state index contributed by atoms with van der Waals surface area (Å²) < 4.78 is 44.1. The normalized spacial score (nSPS) is 12.9. The molecule has 260 valence electrons. The number of nitrogens with zero attached hydrogens (tertiary/aromatic N) is 5. The Hall–Kier alpha value is -3.95. The molecule has 2 N–H and O–H groups in total. The molecule has 14 heteroatoms. The summed E-state index contributed by atoms with van der Waals surface area (Å²) in [4.78, 5) is 37.1. The third-order valence-electron chi connectivity index (χ3n) is 8.04. The van der Waals surface area contributed by atoms with Crippen LogP contribution in [0.2, 0.25) is 0 Å². The second-order valence-electron chi connectivity index (χ2n) is 12.0. The number of fused-ring (bicyclic) bond motifs is 1. The van der Waals surface area contributed by atoms with Crippen molar-refractivity contribution in [3.05, 3.63) is 105 Å². The highest BCUT2D eigenvalue weighted by molar-refractivity contribution is 7.99. The SMILES string of the molecule is CSC(NC#N)NCCCC(c1nc2ccccc2c(=O)n1-c1ccc(C)cc1)N(CCN(C)C)C(=O)Cc1ccc(C(F)(F)P)c(F)c1. The molecular weight excluding hydrogens is 670 g/mol. The van der Waals surface area contributed by atoms with E-state index in [9.17, 15) is 22.8 Å². The predicted octanol–water partition coefficient (Wildman–Crippen LogP) is 5.52. The van der Waals surface area contributed by atoms with Crippen LogP contribution >= 0.6 is 21.0 Å². The molecule has 0 bridgehead atoms. The molecule has 49 heavy (non-hydrogen) atoms. The molecule has 9 nitrogen and oxygen atoms in total. The molecule has 0 spiro atoms. The first kappa shape index (κ1) is 37.9. The zero-order valence-corrected chi connectivity index (χ0v) is 29.9. The Morgan fingerprint density at radius 3 is 2.47 bits per heavy atom. The number of hydrogen-bond acceptors (Lipinski definition) is 8. The van der Waals surface area contributed by atoms with E-state index in [4.69, 9.17) is 10.2 Å². The second-order valence-corrected chi connectivity index (χ2v) is 13.6. The first-order valence-corrected chi connectivity index (χ1v) is 17.6. The molecule has 3 atom stereocenters. The lowest BCUT2D eigenvalue weighted by Gasteiger charge is -2.34. The van der Waals surface area contributed by atoms with Gasteiger partial charge in [-0.05, 0) is 88.6 Å². The average Bonchev–Trinajstić information content (AvgIpc) is 3.05. The van der Waals surface area contributed by atoms with Gasteiger partial charge < -0.3 is 9.80 Å². The summed E-state index contributed by atoms with van der Waals surface area (Å²) in [5, 5.41) is 15.5. The van der Waals surface area contributed by atoms with E-state index in [0.29, 0.717) is 48.3 Å². The number of carbonyl (C=O) groups excluding carboxylic acids is 1. The highest BCUT2D eigenvalue weighted by atomic mass is 32.2. The first-order chi connectivity index (χ1) is 23.3. The Balaban J connectivity index is 1.85. The fourth-order valence-corrected chi connectivity index (χ4v) is 6.19. The summed E-state index contributed by atoms with van der Waals surface area (Å²) in [5.74, 6) is -1.12. The zero-order valence-electron chi connectivity index (χ0n) is 27.9. The molecule has 4 aromatic rings. The Morgan fingerprint density at radius 1 is 1.12 bits per heavy atom. The minimum Gasteiger partial charge on any atom is -0.331 e. The summed E-state index contributed by atoms with van der Waals surface area (Å²) in [6.45, 7) is 3.14. The number of rotatable bonds is 16. The van der Waals surface area contributed by atoms with Crippen molar-refractivity contribution in [1.82, 2.24) is 30.0 Å². The maximum Gasteiger partial charge on any atom is 0.286 e. The molecule has 1 aromatic heterocycles. The topological polar surface area (TPSA) is 106 Å². The molecular formula is C35H41F3N7O2PS. The number of para-hydroxylation sites is 1. The van der Waals surface area contributed by atoms with Crippen molar-refractivity contribution in [2.24, 2.45) is 0 Å². The van der Waals surface area contributed by atoms with E-state index in [0.717, 1.165) is 17.7 Å². The minimum atomic E-state index is -3.46. The van der Waals surface area contributed by atoms with E-state index in [1.165, 1.54) is 27.1 Å². The highest BCUT2D eigenvalue weighted by Crippen LogP contribution is 2.37. The van der Waals surface area contributed by atoms with E-state index >= 15 is 0 Å². The van der Waals surface area contributed by atoms with E-state index in [-0.39, 0.29) is 35.5 Å². The van der Waals surface area contributed by atoms with E-state index in [1.807, 2.05) is 62.6 Å². The van der Waals surface area contributed by atoms with Gasteiger partial charge in [0.25, 0.3) is 11.2 Å². The van der Waals surface area contributed by atoms with Gasteiger partial charge in [0.1, 0.15) is 17.1 Å². The van der Waals surface area contributed by atoms with Crippen LogP contribution in [-0.4, -0.2) is 70.7 Å². The lowest BCUT2D eigenvalue weighted by Crippen LogP contribution is -2.43. The van der Waals surface area contributed by atoms with Crippen molar-refractivity contribution in [3.8, 4) is 11.9 Å². The third kappa shape index (κ3) is 9.82. The number of benzene rings is 3. The maximum absolute atomic E-state index is 14.8. The molecule has 3 aromatic carbocycles. The number of halogens is 3. The molecule has 0 saturated carbocycles. The van der Waals surface area contributed by atoms with Crippen molar-refractivity contribution in [2.75, 3.05) is 40.0 Å². The van der Waals surface area contributed by atoms with Gasteiger partial charge in [0.15, 0.2) is 6.19 Å². The van der Waals surface area contributed by atoms with Gasteiger partial charge in [0.05, 0.1) is 34.6 Å². The summed E-state index contributed by atoms with van der Waals surface area (Å²) in [6.07, 6.45) is 4.45. The molecule has 0 aliphatic heterocycles. The summed E-state index contributed by atoms with van der Waals surface area (Å²) in [5.41, 5.74) is -2.53. The van der Waals surface area contributed by atoms with E-state index in [1.54, 1.807) is 33.7 Å². The Morgan fingerprint density at radius 2 is 1.84 bits per heavy atom. The van der Waals surface area contributed by atoms with Gasteiger partial charge in [-0.25, -0.2) is 9.37 Å². The number of carbonyl (C=O) groups is 1. The van der Waals surface area contributed by atoms with Crippen molar-refractivity contribution >= 4 is 37.8 Å². The Labute approximate surface area is 291 Å². The number of amides is 1. The lowest BCUT2D eigenvalue weighted by molar-refractivity contribution is -0.133. The van der Waals surface area contributed by atoms with Crippen LogP contribution in [0.3, 0.4) is 0 Å². The average molecular weight is 712 g/mol. The molecule has 1 amide bonds. The third-order valence-corrected chi connectivity index (χ3v) is 9.11. The van der Waals surface area contributed by atoms with Crippen LogP contribution in [0, 0.1) is 24.2 Å². The Kier molecular flexibility index (Phi) is 13.2. The number of aromatic nitrogens is 2. The van der Waals surface area contributed by atoms with Crippen LogP contribution in [0.5, 0.6) is 0 Å². The fraction of sp³-hybridized carbons (Fsp3) is 0.371. The Bertz CT molecular complexity index is 1840.